The van der Waals surface area contributed by atoms with Gasteiger partial charge in [-0.15, -0.1) is 0 Å². The molecule has 8 heteroatoms. The number of halogens is 1. The fourth-order valence-corrected chi connectivity index (χ4v) is 1.84. The topological polar surface area (TPSA) is 94.4 Å². The molecule has 2 aromatic rings. The van der Waals surface area contributed by atoms with Crippen LogP contribution in [0.25, 0.3) is 6.08 Å². The Balaban J connectivity index is 1.70. The van der Waals surface area contributed by atoms with Crippen LogP contribution in [0.3, 0.4) is 0 Å². The zero-order valence-corrected chi connectivity index (χ0v) is 13.3. The van der Waals surface area contributed by atoms with Crippen molar-refractivity contribution < 1.29 is 14.5 Å². The first-order valence-electron chi connectivity index (χ1n) is 6.99. The summed E-state index contributed by atoms with van der Waals surface area (Å²) in [4.78, 5) is 25.4. The quantitative estimate of drug-likeness (QED) is 0.271. The third-order valence-corrected chi connectivity index (χ3v) is 3.15. The number of nitro groups is 1. The smallest absolute Gasteiger partial charge is 0.330 e. The standard InChI is InChI=1S/C16H14ClN3O4/c17-13-4-1-12(2-5-13)3-8-16(21)24-10-9-18-15-7-6-14(11-19-15)20(22)23/h1-8,11H,9-10H2,(H,18,19)/b8-3+. The SMILES string of the molecule is O=C(/C=C/c1ccc(Cl)cc1)OCCNc1ccc([N+](=O)[O-])cn1. The van der Waals surface area contributed by atoms with Gasteiger partial charge in [0.2, 0.25) is 0 Å². The minimum Gasteiger partial charge on any atom is -0.461 e. The van der Waals surface area contributed by atoms with Crippen LogP contribution in [0.4, 0.5) is 11.5 Å². The molecule has 24 heavy (non-hydrogen) atoms. The summed E-state index contributed by atoms with van der Waals surface area (Å²) in [7, 11) is 0. The Morgan fingerprint density at radius 2 is 2.04 bits per heavy atom. The lowest BCUT2D eigenvalue weighted by Crippen LogP contribution is -2.13. The van der Waals surface area contributed by atoms with E-state index < -0.39 is 10.9 Å². The molecule has 0 unspecified atom stereocenters. The first kappa shape index (κ1) is 17.4. The van der Waals surface area contributed by atoms with E-state index in [2.05, 4.69) is 10.3 Å². The molecule has 0 fully saturated rings. The Kier molecular flexibility index (Phi) is 6.27. The van der Waals surface area contributed by atoms with Gasteiger partial charge >= 0.3 is 5.97 Å². The van der Waals surface area contributed by atoms with Crippen LogP contribution in [0, 0.1) is 10.1 Å². The van der Waals surface area contributed by atoms with E-state index in [1.54, 1.807) is 30.3 Å². The van der Waals surface area contributed by atoms with E-state index in [-0.39, 0.29) is 12.3 Å². The second-order valence-corrected chi connectivity index (χ2v) is 5.07. The molecule has 0 amide bonds. The van der Waals surface area contributed by atoms with Crippen molar-refractivity contribution in [3.05, 3.63) is 69.4 Å². The number of hydrogen-bond donors (Lipinski definition) is 1. The van der Waals surface area contributed by atoms with Crippen molar-refractivity contribution in [2.24, 2.45) is 0 Å². The van der Waals surface area contributed by atoms with Gasteiger partial charge in [-0.1, -0.05) is 23.7 Å². The van der Waals surface area contributed by atoms with Gasteiger partial charge in [0.1, 0.15) is 18.6 Å². The highest BCUT2D eigenvalue weighted by Gasteiger charge is 2.04. The van der Waals surface area contributed by atoms with Crippen molar-refractivity contribution in [1.29, 1.82) is 0 Å². The van der Waals surface area contributed by atoms with Crippen molar-refractivity contribution in [2.45, 2.75) is 0 Å². The Morgan fingerprint density at radius 3 is 2.67 bits per heavy atom. The van der Waals surface area contributed by atoms with Crippen LogP contribution >= 0.6 is 11.6 Å². The summed E-state index contributed by atoms with van der Waals surface area (Å²) in [5, 5.41) is 14.0. The van der Waals surface area contributed by atoms with Crippen LogP contribution in [0.1, 0.15) is 5.56 Å². The normalized spacial score (nSPS) is 10.5. The number of hydrogen-bond acceptors (Lipinski definition) is 6. The Morgan fingerprint density at radius 1 is 1.29 bits per heavy atom. The van der Waals surface area contributed by atoms with Crippen LogP contribution in [-0.4, -0.2) is 29.0 Å². The molecule has 1 N–H and O–H groups in total. The van der Waals surface area contributed by atoms with Crippen LogP contribution in [-0.2, 0) is 9.53 Å². The number of esters is 1. The summed E-state index contributed by atoms with van der Waals surface area (Å²) >= 11 is 5.77. The second kappa shape index (κ2) is 8.64. The highest BCUT2D eigenvalue weighted by molar-refractivity contribution is 6.30. The Hall–Kier alpha value is -2.93. The van der Waals surface area contributed by atoms with Crippen LogP contribution in [0.15, 0.2) is 48.7 Å². The number of pyridine rings is 1. The minimum absolute atomic E-state index is 0.0840. The van der Waals surface area contributed by atoms with E-state index in [1.807, 2.05) is 0 Å². The monoisotopic (exact) mass is 347 g/mol. The third kappa shape index (κ3) is 5.69. The van der Waals surface area contributed by atoms with Crippen molar-refractivity contribution in [1.82, 2.24) is 4.98 Å². The predicted octanol–water partition coefficient (Wildman–Crippen LogP) is 3.31. The van der Waals surface area contributed by atoms with E-state index in [1.165, 1.54) is 18.2 Å². The molecule has 0 saturated carbocycles. The Bertz CT molecular complexity index is 730. The number of rotatable bonds is 7. The number of nitrogens with zero attached hydrogens (tertiary/aromatic N) is 2. The summed E-state index contributed by atoms with van der Waals surface area (Å²) in [6.07, 6.45) is 4.11. The lowest BCUT2D eigenvalue weighted by molar-refractivity contribution is -0.385. The van der Waals surface area contributed by atoms with Crippen molar-refractivity contribution in [3.8, 4) is 0 Å². The molecular formula is C16H14ClN3O4. The molecule has 1 aromatic carbocycles. The van der Waals surface area contributed by atoms with Gasteiger partial charge in [-0.2, -0.15) is 0 Å². The van der Waals surface area contributed by atoms with Gasteiger partial charge in [-0.3, -0.25) is 10.1 Å². The summed E-state index contributed by atoms with van der Waals surface area (Å²) in [5.74, 6) is -0.00300. The summed E-state index contributed by atoms with van der Waals surface area (Å²) < 4.78 is 5.02. The fourth-order valence-electron chi connectivity index (χ4n) is 1.72. The first-order chi connectivity index (χ1) is 11.5. The van der Waals surface area contributed by atoms with Gasteiger partial charge < -0.3 is 10.1 Å². The van der Waals surface area contributed by atoms with Gasteiger partial charge in [0.15, 0.2) is 0 Å². The highest BCUT2D eigenvalue weighted by Crippen LogP contribution is 2.12. The number of ether oxygens (including phenoxy) is 1. The van der Waals surface area contributed by atoms with Gasteiger partial charge in [-0.25, -0.2) is 9.78 Å². The summed E-state index contributed by atoms with van der Waals surface area (Å²) in [6.45, 7) is 0.480. The molecule has 124 valence electrons. The van der Waals surface area contributed by atoms with Crippen molar-refractivity contribution in [3.63, 3.8) is 0 Å². The first-order valence-corrected chi connectivity index (χ1v) is 7.37. The van der Waals surface area contributed by atoms with Crippen LogP contribution in [0.5, 0.6) is 0 Å². The predicted molar refractivity (Wildman–Crippen MR) is 90.8 cm³/mol. The largest absolute Gasteiger partial charge is 0.461 e. The number of aromatic nitrogens is 1. The highest BCUT2D eigenvalue weighted by atomic mass is 35.5. The molecule has 0 bridgehead atoms. The lowest BCUT2D eigenvalue weighted by Gasteiger charge is -2.05. The Labute approximate surface area is 143 Å². The van der Waals surface area contributed by atoms with E-state index in [0.29, 0.717) is 17.4 Å². The van der Waals surface area contributed by atoms with Gasteiger partial charge in [0, 0.05) is 17.2 Å². The van der Waals surface area contributed by atoms with Gasteiger partial charge in [0.05, 0.1) is 11.5 Å². The molecule has 1 aromatic heterocycles. The molecule has 0 aliphatic rings. The van der Waals surface area contributed by atoms with Gasteiger partial charge in [-0.05, 0) is 29.8 Å². The maximum Gasteiger partial charge on any atom is 0.330 e. The number of benzene rings is 1. The number of nitrogens with one attached hydrogen (secondary N) is 1. The fraction of sp³-hybridized carbons (Fsp3) is 0.125. The van der Waals surface area contributed by atoms with Crippen LogP contribution < -0.4 is 5.32 Å². The van der Waals surface area contributed by atoms with E-state index in [9.17, 15) is 14.9 Å². The third-order valence-electron chi connectivity index (χ3n) is 2.89. The summed E-state index contributed by atoms with van der Waals surface area (Å²) in [5.41, 5.74) is 0.754. The maximum atomic E-state index is 11.6. The number of carbonyl (C=O) groups is 1. The summed E-state index contributed by atoms with van der Waals surface area (Å²) in [6, 6.07) is 9.86. The number of anilines is 1. The zero-order chi connectivity index (χ0) is 17.4. The van der Waals surface area contributed by atoms with Crippen molar-refractivity contribution >= 4 is 35.2 Å². The molecule has 0 saturated heterocycles. The van der Waals surface area contributed by atoms with E-state index in [0.717, 1.165) is 11.8 Å². The molecular weight excluding hydrogens is 334 g/mol. The second-order valence-electron chi connectivity index (χ2n) is 4.64. The molecule has 7 nitrogen and oxygen atoms in total. The zero-order valence-electron chi connectivity index (χ0n) is 12.5. The minimum atomic E-state index is -0.522. The van der Waals surface area contributed by atoms with Crippen molar-refractivity contribution in [2.75, 3.05) is 18.5 Å². The van der Waals surface area contributed by atoms with E-state index in [4.69, 9.17) is 16.3 Å². The molecule has 0 spiro atoms. The molecule has 0 radical (unpaired) electrons. The average Bonchev–Trinajstić information content (AvgIpc) is 2.58. The van der Waals surface area contributed by atoms with E-state index >= 15 is 0 Å². The molecule has 0 aliphatic carbocycles. The number of carbonyl (C=O) groups excluding carboxylic acids is 1. The molecule has 0 atom stereocenters. The molecule has 1 heterocycles. The lowest BCUT2D eigenvalue weighted by atomic mass is 10.2. The van der Waals surface area contributed by atoms with Crippen LogP contribution in [0.2, 0.25) is 5.02 Å². The van der Waals surface area contributed by atoms with Gasteiger partial charge in [0.25, 0.3) is 5.69 Å². The molecule has 2 rings (SSSR count). The average molecular weight is 348 g/mol. The molecule has 0 aliphatic heterocycles. The maximum absolute atomic E-state index is 11.6.